The second kappa shape index (κ2) is 5.90. The van der Waals surface area contributed by atoms with Crippen molar-refractivity contribution in [1.29, 1.82) is 0 Å². The SMILES string of the molecule is CC1CC(C)CN(C(=O)CN2CCC[C@H]2C(=O)O)C1. The summed E-state index contributed by atoms with van der Waals surface area (Å²) in [6, 6.07) is -0.469. The minimum absolute atomic E-state index is 0.0894. The highest BCUT2D eigenvalue weighted by Crippen LogP contribution is 2.22. The van der Waals surface area contributed by atoms with Crippen LogP contribution >= 0.6 is 0 Å². The molecular formula is C14H24N2O3. The molecule has 1 N–H and O–H groups in total. The Balaban J connectivity index is 1.91. The Morgan fingerprint density at radius 1 is 1.21 bits per heavy atom. The van der Waals surface area contributed by atoms with Crippen LogP contribution in [0.1, 0.15) is 33.1 Å². The predicted molar refractivity (Wildman–Crippen MR) is 71.8 cm³/mol. The molecule has 2 aliphatic rings. The van der Waals surface area contributed by atoms with Gasteiger partial charge in [-0.05, 0) is 37.6 Å². The van der Waals surface area contributed by atoms with E-state index in [0.717, 1.165) is 26.1 Å². The number of aliphatic carboxylic acids is 1. The van der Waals surface area contributed by atoms with Crippen LogP contribution in [-0.2, 0) is 9.59 Å². The van der Waals surface area contributed by atoms with Crippen LogP contribution in [0.5, 0.6) is 0 Å². The topological polar surface area (TPSA) is 60.9 Å². The number of amides is 1. The number of piperidine rings is 1. The molecule has 0 aromatic rings. The average Bonchev–Trinajstić information content (AvgIpc) is 2.75. The first-order chi connectivity index (χ1) is 8.97. The van der Waals surface area contributed by atoms with Gasteiger partial charge in [0.1, 0.15) is 6.04 Å². The largest absolute Gasteiger partial charge is 0.480 e. The number of hydrogen-bond acceptors (Lipinski definition) is 3. The van der Waals surface area contributed by atoms with E-state index in [9.17, 15) is 9.59 Å². The van der Waals surface area contributed by atoms with Crippen LogP contribution in [0.3, 0.4) is 0 Å². The van der Waals surface area contributed by atoms with Crippen molar-refractivity contribution < 1.29 is 14.7 Å². The van der Waals surface area contributed by atoms with Gasteiger partial charge >= 0.3 is 5.97 Å². The highest BCUT2D eigenvalue weighted by Gasteiger charge is 2.33. The summed E-state index contributed by atoms with van der Waals surface area (Å²) in [6.45, 7) is 6.96. The van der Waals surface area contributed by atoms with Crippen LogP contribution in [0, 0.1) is 11.8 Å². The minimum Gasteiger partial charge on any atom is -0.480 e. The highest BCUT2D eigenvalue weighted by atomic mass is 16.4. The van der Waals surface area contributed by atoms with Crippen molar-refractivity contribution in [3.05, 3.63) is 0 Å². The molecular weight excluding hydrogens is 244 g/mol. The molecule has 2 heterocycles. The van der Waals surface area contributed by atoms with E-state index in [-0.39, 0.29) is 12.5 Å². The molecule has 2 rings (SSSR count). The Labute approximate surface area is 114 Å². The first-order valence-electron chi connectivity index (χ1n) is 7.22. The van der Waals surface area contributed by atoms with Gasteiger partial charge in [-0.15, -0.1) is 0 Å². The van der Waals surface area contributed by atoms with E-state index in [4.69, 9.17) is 5.11 Å². The van der Waals surface area contributed by atoms with Gasteiger partial charge in [0, 0.05) is 13.1 Å². The van der Waals surface area contributed by atoms with Crippen LogP contribution in [0.15, 0.2) is 0 Å². The molecule has 2 unspecified atom stereocenters. The van der Waals surface area contributed by atoms with Gasteiger partial charge in [0.25, 0.3) is 0 Å². The fourth-order valence-corrected chi connectivity index (χ4v) is 3.44. The Kier molecular flexibility index (Phi) is 4.45. The lowest BCUT2D eigenvalue weighted by Gasteiger charge is -2.36. The van der Waals surface area contributed by atoms with Crippen LogP contribution in [0.2, 0.25) is 0 Å². The summed E-state index contributed by atoms with van der Waals surface area (Å²) in [5.74, 6) is 0.375. The third kappa shape index (κ3) is 3.47. The number of hydrogen-bond donors (Lipinski definition) is 1. The third-order valence-electron chi connectivity index (χ3n) is 4.21. The first-order valence-corrected chi connectivity index (χ1v) is 7.22. The fraction of sp³-hybridized carbons (Fsp3) is 0.857. The van der Waals surface area contributed by atoms with Gasteiger partial charge in [-0.3, -0.25) is 14.5 Å². The molecule has 2 saturated heterocycles. The van der Waals surface area contributed by atoms with Crippen molar-refractivity contribution in [3.8, 4) is 0 Å². The van der Waals surface area contributed by atoms with Crippen molar-refractivity contribution in [2.45, 2.75) is 39.2 Å². The van der Waals surface area contributed by atoms with Crippen molar-refractivity contribution in [2.75, 3.05) is 26.2 Å². The van der Waals surface area contributed by atoms with Crippen molar-refractivity contribution in [1.82, 2.24) is 9.80 Å². The molecule has 0 aliphatic carbocycles. The smallest absolute Gasteiger partial charge is 0.320 e. The Morgan fingerprint density at radius 3 is 2.42 bits per heavy atom. The Bertz CT molecular complexity index is 349. The summed E-state index contributed by atoms with van der Waals surface area (Å²) in [5, 5.41) is 9.12. The van der Waals surface area contributed by atoms with Crippen LogP contribution in [0.25, 0.3) is 0 Å². The lowest BCUT2D eigenvalue weighted by Crippen LogP contribution is -2.48. The quantitative estimate of drug-likeness (QED) is 0.831. The van der Waals surface area contributed by atoms with Crippen molar-refractivity contribution in [3.63, 3.8) is 0 Å². The molecule has 2 aliphatic heterocycles. The fourth-order valence-electron chi connectivity index (χ4n) is 3.44. The number of likely N-dealkylation sites (tertiary alicyclic amines) is 2. The standard InChI is InChI=1S/C14H24N2O3/c1-10-6-11(2)8-16(7-10)13(17)9-15-5-3-4-12(15)14(18)19/h10-12H,3-9H2,1-2H3,(H,18,19)/t10?,11?,12-/m0/s1. The number of carboxylic acids is 1. The van der Waals surface area contributed by atoms with Gasteiger partial charge in [-0.25, -0.2) is 0 Å². The zero-order valence-corrected chi connectivity index (χ0v) is 11.8. The monoisotopic (exact) mass is 268 g/mol. The zero-order chi connectivity index (χ0) is 14.0. The van der Waals surface area contributed by atoms with Crippen molar-refractivity contribution in [2.24, 2.45) is 11.8 Å². The second-order valence-corrected chi connectivity index (χ2v) is 6.21. The van der Waals surface area contributed by atoms with Gasteiger partial charge in [0.15, 0.2) is 0 Å². The molecule has 2 fully saturated rings. The number of carbonyl (C=O) groups excluding carboxylic acids is 1. The van der Waals surface area contributed by atoms with Gasteiger partial charge in [0.2, 0.25) is 5.91 Å². The molecule has 108 valence electrons. The molecule has 5 heteroatoms. The summed E-state index contributed by atoms with van der Waals surface area (Å²) in [4.78, 5) is 27.1. The number of carbonyl (C=O) groups is 2. The third-order valence-corrected chi connectivity index (χ3v) is 4.21. The maximum atomic E-state index is 12.3. The molecule has 0 aromatic heterocycles. The summed E-state index contributed by atoms with van der Waals surface area (Å²) in [7, 11) is 0. The average molecular weight is 268 g/mol. The van der Waals surface area contributed by atoms with Gasteiger partial charge in [0.05, 0.1) is 6.54 Å². The van der Waals surface area contributed by atoms with Crippen LogP contribution in [0.4, 0.5) is 0 Å². The molecule has 3 atom stereocenters. The maximum Gasteiger partial charge on any atom is 0.320 e. The van der Waals surface area contributed by atoms with E-state index in [2.05, 4.69) is 13.8 Å². The molecule has 19 heavy (non-hydrogen) atoms. The van der Waals surface area contributed by atoms with E-state index < -0.39 is 12.0 Å². The lowest BCUT2D eigenvalue weighted by molar-refractivity contribution is -0.143. The predicted octanol–water partition coefficient (Wildman–Crippen LogP) is 1.04. The zero-order valence-electron chi connectivity index (χ0n) is 11.8. The number of rotatable bonds is 3. The lowest BCUT2D eigenvalue weighted by atomic mass is 9.92. The molecule has 0 spiro atoms. The van der Waals surface area contributed by atoms with Crippen LogP contribution < -0.4 is 0 Å². The molecule has 0 aromatic carbocycles. The van der Waals surface area contributed by atoms with Gasteiger partial charge in [-0.2, -0.15) is 0 Å². The summed E-state index contributed by atoms with van der Waals surface area (Å²) in [6.07, 6.45) is 2.71. The summed E-state index contributed by atoms with van der Waals surface area (Å²) >= 11 is 0. The first kappa shape index (κ1) is 14.3. The molecule has 0 saturated carbocycles. The molecule has 0 radical (unpaired) electrons. The van der Waals surface area contributed by atoms with E-state index in [1.54, 1.807) is 0 Å². The molecule has 0 bridgehead atoms. The molecule has 1 amide bonds. The van der Waals surface area contributed by atoms with Gasteiger partial charge in [-0.1, -0.05) is 13.8 Å². The highest BCUT2D eigenvalue weighted by molar-refractivity contribution is 5.80. The Hall–Kier alpha value is -1.10. The molecule has 5 nitrogen and oxygen atoms in total. The van der Waals surface area contributed by atoms with Crippen molar-refractivity contribution >= 4 is 11.9 Å². The van der Waals surface area contributed by atoms with Gasteiger partial charge < -0.3 is 10.0 Å². The number of carboxylic acid groups (broad SMARTS) is 1. The Morgan fingerprint density at radius 2 is 1.84 bits per heavy atom. The minimum atomic E-state index is -0.800. The van der Waals surface area contributed by atoms with E-state index in [1.807, 2.05) is 9.80 Å². The van der Waals surface area contributed by atoms with E-state index >= 15 is 0 Å². The second-order valence-electron chi connectivity index (χ2n) is 6.21. The maximum absolute atomic E-state index is 12.3. The summed E-state index contributed by atoms with van der Waals surface area (Å²) in [5.41, 5.74) is 0. The van der Waals surface area contributed by atoms with E-state index in [1.165, 1.54) is 6.42 Å². The number of nitrogens with zero attached hydrogens (tertiary/aromatic N) is 2. The van der Waals surface area contributed by atoms with Crippen LogP contribution in [-0.4, -0.2) is 59.0 Å². The summed E-state index contributed by atoms with van der Waals surface area (Å²) < 4.78 is 0. The normalized spacial score (nSPS) is 32.5. The van der Waals surface area contributed by atoms with E-state index in [0.29, 0.717) is 18.3 Å².